The molecule has 0 amide bonds. The minimum absolute atomic E-state index is 0.108. The molecule has 1 aliphatic heterocycles. The van der Waals surface area contributed by atoms with Gasteiger partial charge in [0.05, 0.1) is 46.4 Å². The van der Waals surface area contributed by atoms with Crippen molar-refractivity contribution >= 4 is 41.0 Å². The summed E-state index contributed by atoms with van der Waals surface area (Å²) in [6, 6.07) is 9.45. The summed E-state index contributed by atoms with van der Waals surface area (Å²) in [6.45, 7) is 3.60. The number of nitro groups is 2. The van der Waals surface area contributed by atoms with Crippen molar-refractivity contribution in [1.29, 1.82) is 0 Å². The Morgan fingerprint density at radius 3 is 2.33 bits per heavy atom. The first-order chi connectivity index (χ1) is 20.5. The number of nitro benzene ring substituents is 2. The van der Waals surface area contributed by atoms with Crippen LogP contribution in [0.25, 0.3) is 6.08 Å². The van der Waals surface area contributed by atoms with Crippen LogP contribution in [-0.4, -0.2) is 45.1 Å². The van der Waals surface area contributed by atoms with E-state index in [0.717, 1.165) is 24.3 Å². The zero-order valence-electron chi connectivity index (χ0n) is 23.3. The van der Waals surface area contributed by atoms with Gasteiger partial charge in [0.1, 0.15) is 11.6 Å². The van der Waals surface area contributed by atoms with Gasteiger partial charge < -0.3 is 19.4 Å². The van der Waals surface area contributed by atoms with Crippen LogP contribution in [-0.2, 0) is 25.6 Å². The van der Waals surface area contributed by atoms with Gasteiger partial charge in [-0.05, 0) is 36.6 Å². The molecule has 0 saturated carbocycles. The van der Waals surface area contributed by atoms with E-state index in [4.69, 9.17) is 21.1 Å². The van der Waals surface area contributed by atoms with E-state index in [9.17, 15) is 29.8 Å². The van der Waals surface area contributed by atoms with Crippen molar-refractivity contribution in [3.63, 3.8) is 0 Å². The second-order valence-corrected chi connectivity index (χ2v) is 9.86. The maximum atomic E-state index is 13.5. The fourth-order valence-electron chi connectivity index (χ4n) is 4.73. The average molecular weight is 608 g/mol. The highest BCUT2D eigenvalue weighted by molar-refractivity contribution is 6.33. The molecule has 1 aromatic heterocycles. The first-order valence-corrected chi connectivity index (χ1v) is 13.2. The summed E-state index contributed by atoms with van der Waals surface area (Å²) in [5.74, 6) is -3.09. The number of aromatic nitrogens is 2. The zero-order valence-corrected chi connectivity index (χ0v) is 24.0. The number of nitrogens with zero attached hydrogens (tertiary/aromatic N) is 4. The van der Waals surface area contributed by atoms with E-state index < -0.39 is 44.1 Å². The third-order valence-electron chi connectivity index (χ3n) is 6.70. The molecule has 43 heavy (non-hydrogen) atoms. The van der Waals surface area contributed by atoms with Gasteiger partial charge in [-0.1, -0.05) is 41.9 Å². The van der Waals surface area contributed by atoms with Gasteiger partial charge in [-0.2, -0.15) is 0 Å². The van der Waals surface area contributed by atoms with Crippen molar-refractivity contribution in [3.8, 4) is 0 Å². The monoisotopic (exact) mass is 607 g/mol. The van der Waals surface area contributed by atoms with Crippen LogP contribution >= 0.6 is 11.6 Å². The lowest BCUT2D eigenvalue weighted by Crippen LogP contribution is -2.32. The van der Waals surface area contributed by atoms with Crippen LogP contribution in [0, 0.1) is 20.2 Å². The molecule has 0 radical (unpaired) electrons. The molecule has 14 heteroatoms. The normalized spacial score (nSPS) is 14.9. The molecule has 1 aliphatic rings. The van der Waals surface area contributed by atoms with E-state index in [1.54, 1.807) is 31.6 Å². The predicted octanol–water partition coefficient (Wildman–Crippen LogP) is 5.07. The second-order valence-electron chi connectivity index (χ2n) is 9.49. The molecule has 1 N–H and O–H groups in total. The number of carbonyl (C=O) groups excluding carboxylic acids is 2. The molecule has 2 aromatic carbocycles. The van der Waals surface area contributed by atoms with Crippen molar-refractivity contribution in [2.45, 2.75) is 26.3 Å². The number of dihydropyridines is 1. The first kappa shape index (κ1) is 30.7. The average Bonchev–Trinajstić information content (AvgIpc) is 3.48. The Hall–Kier alpha value is -5.30. The summed E-state index contributed by atoms with van der Waals surface area (Å²) < 4.78 is 12.3. The number of non-ortho nitro benzene ring substituents is 1. The summed E-state index contributed by atoms with van der Waals surface area (Å²) in [4.78, 5) is 52.0. The van der Waals surface area contributed by atoms with Gasteiger partial charge in [0.25, 0.3) is 11.4 Å². The molecular weight excluding hydrogens is 582 g/mol. The maximum absolute atomic E-state index is 13.5. The molecule has 0 fully saturated rings. The number of esters is 2. The standard InChI is InChI=1S/C29H26ClN5O8/c1-17-24(28(36)42-3)26(22-13-21(34(38)39)14-23(27(22)30)35(40)41)25(18(2)32-17)29(37)43-12-4-5-19-6-8-20(9-7-19)15-33-11-10-31-16-33/h4-11,13-14,16,26,32H,12,15H2,1-3H3. The molecule has 1 unspecified atom stereocenters. The molecule has 0 saturated heterocycles. The summed E-state index contributed by atoms with van der Waals surface area (Å²) >= 11 is 6.39. The van der Waals surface area contributed by atoms with Crippen LogP contribution in [0.15, 0.2) is 83.7 Å². The largest absolute Gasteiger partial charge is 0.466 e. The van der Waals surface area contributed by atoms with Crippen molar-refractivity contribution in [3.05, 3.63) is 126 Å². The second kappa shape index (κ2) is 13.1. The number of hydrogen-bond donors (Lipinski definition) is 1. The van der Waals surface area contributed by atoms with Crippen molar-refractivity contribution < 1.29 is 28.9 Å². The van der Waals surface area contributed by atoms with Gasteiger partial charge in [0, 0.05) is 36.4 Å². The van der Waals surface area contributed by atoms with E-state index >= 15 is 0 Å². The summed E-state index contributed by atoms with van der Waals surface area (Å²) in [6.07, 6.45) is 8.68. The smallest absolute Gasteiger partial charge is 0.337 e. The van der Waals surface area contributed by atoms with E-state index in [2.05, 4.69) is 10.3 Å². The number of methoxy groups -OCH3 is 1. The fourth-order valence-corrected chi connectivity index (χ4v) is 5.02. The molecule has 13 nitrogen and oxygen atoms in total. The van der Waals surface area contributed by atoms with Gasteiger partial charge in [0.15, 0.2) is 0 Å². The minimum atomic E-state index is -1.36. The van der Waals surface area contributed by atoms with Crippen molar-refractivity contribution in [2.24, 2.45) is 0 Å². The Morgan fingerprint density at radius 1 is 1.07 bits per heavy atom. The highest BCUT2D eigenvalue weighted by atomic mass is 35.5. The molecule has 0 aliphatic carbocycles. The molecule has 3 aromatic rings. The Labute approximate surface area is 250 Å². The van der Waals surface area contributed by atoms with Crippen LogP contribution in [0.1, 0.15) is 36.5 Å². The predicted molar refractivity (Wildman–Crippen MR) is 156 cm³/mol. The van der Waals surface area contributed by atoms with Gasteiger partial charge in [0.2, 0.25) is 0 Å². The number of ether oxygens (including phenoxy) is 2. The van der Waals surface area contributed by atoms with E-state index in [1.807, 2.05) is 35.0 Å². The Balaban J connectivity index is 1.62. The van der Waals surface area contributed by atoms with E-state index in [1.165, 1.54) is 6.92 Å². The van der Waals surface area contributed by atoms with Crippen LogP contribution in [0.2, 0.25) is 5.02 Å². The lowest BCUT2D eigenvalue weighted by molar-refractivity contribution is -0.394. The zero-order chi connectivity index (χ0) is 31.3. The number of halogens is 1. The quantitative estimate of drug-likeness (QED) is 0.187. The molecule has 1 atom stereocenters. The molecule has 2 heterocycles. The Kier molecular flexibility index (Phi) is 9.36. The van der Waals surface area contributed by atoms with Crippen molar-refractivity contribution in [2.75, 3.05) is 13.7 Å². The summed E-state index contributed by atoms with van der Waals surface area (Å²) in [5.41, 5.74) is 0.663. The lowest BCUT2D eigenvalue weighted by Gasteiger charge is -2.30. The van der Waals surface area contributed by atoms with Gasteiger partial charge in [-0.3, -0.25) is 20.2 Å². The maximum Gasteiger partial charge on any atom is 0.337 e. The number of benzene rings is 2. The minimum Gasteiger partial charge on any atom is -0.466 e. The van der Waals surface area contributed by atoms with E-state index in [-0.39, 0.29) is 34.7 Å². The number of allylic oxidation sites excluding steroid dienone is 2. The SMILES string of the molecule is COC(=O)C1=C(C)NC(C)=C(C(=O)OCC=Cc2ccc(Cn3ccnc3)cc2)C1c1cc([N+](=O)[O-])cc([N+](=O)[O-])c1Cl. The van der Waals surface area contributed by atoms with Gasteiger partial charge in [-0.15, -0.1) is 0 Å². The molecular formula is C29H26ClN5O8. The third-order valence-corrected chi connectivity index (χ3v) is 7.11. The van der Waals surface area contributed by atoms with E-state index in [0.29, 0.717) is 12.6 Å². The summed E-state index contributed by atoms with van der Waals surface area (Å²) in [7, 11) is 1.12. The Morgan fingerprint density at radius 2 is 1.74 bits per heavy atom. The third kappa shape index (κ3) is 6.79. The first-order valence-electron chi connectivity index (χ1n) is 12.8. The lowest BCUT2D eigenvalue weighted by atomic mass is 9.80. The highest BCUT2D eigenvalue weighted by Crippen LogP contribution is 2.45. The molecule has 0 bridgehead atoms. The summed E-state index contributed by atoms with van der Waals surface area (Å²) in [5, 5.41) is 25.8. The number of rotatable bonds is 10. The highest BCUT2D eigenvalue weighted by Gasteiger charge is 2.41. The van der Waals surface area contributed by atoms with Gasteiger partial charge in [-0.25, -0.2) is 14.6 Å². The fraction of sp³-hybridized carbons (Fsp3) is 0.207. The van der Waals surface area contributed by atoms with Crippen LogP contribution in [0.4, 0.5) is 11.4 Å². The number of imidazole rings is 1. The van der Waals surface area contributed by atoms with Crippen LogP contribution in [0.5, 0.6) is 0 Å². The topological polar surface area (TPSA) is 169 Å². The van der Waals surface area contributed by atoms with Crippen molar-refractivity contribution in [1.82, 2.24) is 14.9 Å². The number of nitrogens with one attached hydrogen (secondary N) is 1. The molecule has 4 rings (SSSR count). The van der Waals surface area contributed by atoms with Gasteiger partial charge >= 0.3 is 11.9 Å². The van der Waals surface area contributed by atoms with Crippen LogP contribution in [0.3, 0.4) is 0 Å². The Bertz CT molecular complexity index is 1680. The molecule has 0 spiro atoms. The molecule has 222 valence electrons. The number of hydrogen-bond acceptors (Lipinski definition) is 10. The number of carbonyl (C=O) groups is 2. The van der Waals surface area contributed by atoms with Crippen LogP contribution < -0.4 is 5.32 Å².